The Morgan fingerprint density at radius 3 is 2.62 bits per heavy atom. The molecule has 3 rings (SSSR count). The topological polar surface area (TPSA) is 86.7 Å². The van der Waals surface area contributed by atoms with E-state index in [0.29, 0.717) is 37.9 Å². The predicted octanol–water partition coefficient (Wildman–Crippen LogP) is 1.12. The number of benzene rings is 1. The number of amides is 2. The number of rotatable bonds is 2. The molecule has 0 aliphatic carbocycles. The second-order valence-corrected chi connectivity index (χ2v) is 5.50. The molecule has 2 aliphatic rings. The molecule has 0 radical (unpaired) electrons. The van der Waals surface area contributed by atoms with E-state index in [4.69, 9.17) is 5.11 Å². The van der Waals surface area contributed by atoms with E-state index < -0.39 is 5.97 Å². The number of nitrogens with one attached hydrogen (secondary N) is 1. The number of carbonyl (C=O) groups is 3. The molecule has 0 aromatic heterocycles. The smallest absolute Gasteiger partial charge is 0.306 e. The van der Waals surface area contributed by atoms with E-state index in [1.54, 1.807) is 23.1 Å². The highest BCUT2D eigenvalue weighted by atomic mass is 16.4. The molecule has 2 aliphatic heterocycles. The third kappa shape index (κ3) is 2.61. The summed E-state index contributed by atoms with van der Waals surface area (Å²) in [4.78, 5) is 36.4. The first-order valence-electron chi connectivity index (χ1n) is 6.99. The number of piperidine rings is 1. The molecule has 6 heteroatoms. The van der Waals surface area contributed by atoms with Crippen LogP contribution in [-0.4, -0.2) is 40.9 Å². The number of likely N-dealkylation sites (tertiary alicyclic amines) is 1. The number of carbonyl (C=O) groups excluding carboxylic acids is 2. The fraction of sp³-hybridized carbons (Fsp3) is 0.400. The van der Waals surface area contributed by atoms with E-state index in [2.05, 4.69) is 5.32 Å². The summed E-state index contributed by atoms with van der Waals surface area (Å²) in [5.41, 5.74) is 2.16. The Labute approximate surface area is 121 Å². The van der Waals surface area contributed by atoms with Gasteiger partial charge in [-0.05, 0) is 36.6 Å². The lowest BCUT2D eigenvalue weighted by Gasteiger charge is -2.30. The van der Waals surface area contributed by atoms with Crippen molar-refractivity contribution in [1.82, 2.24) is 4.90 Å². The molecule has 1 saturated heterocycles. The normalized spacial score (nSPS) is 18.3. The van der Waals surface area contributed by atoms with Gasteiger partial charge < -0.3 is 15.3 Å². The minimum absolute atomic E-state index is 0.0585. The van der Waals surface area contributed by atoms with Crippen molar-refractivity contribution >= 4 is 23.5 Å². The fourth-order valence-electron chi connectivity index (χ4n) is 2.87. The highest BCUT2D eigenvalue weighted by Gasteiger charge is 2.28. The first-order valence-corrected chi connectivity index (χ1v) is 6.99. The first kappa shape index (κ1) is 13.6. The van der Waals surface area contributed by atoms with Crippen LogP contribution in [0, 0.1) is 5.92 Å². The minimum atomic E-state index is -0.788. The molecule has 2 N–H and O–H groups in total. The second kappa shape index (κ2) is 5.20. The maximum Gasteiger partial charge on any atom is 0.306 e. The lowest BCUT2D eigenvalue weighted by atomic mass is 9.96. The number of anilines is 1. The highest BCUT2D eigenvalue weighted by molar-refractivity contribution is 6.01. The molecule has 1 aromatic rings. The van der Waals surface area contributed by atoms with Crippen molar-refractivity contribution in [1.29, 1.82) is 0 Å². The van der Waals surface area contributed by atoms with Crippen LogP contribution in [0.15, 0.2) is 18.2 Å². The van der Waals surface area contributed by atoms with Gasteiger partial charge in [-0.3, -0.25) is 14.4 Å². The Hall–Kier alpha value is -2.37. The van der Waals surface area contributed by atoms with Crippen LogP contribution in [-0.2, 0) is 16.0 Å². The lowest BCUT2D eigenvalue weighted by Crippen LogP contribution is -2.40. The van der Waals surface area contributed by atoms with Gasteiger partial charge >= 0.3 is 5.97 Å². The molecule has 0 unspecified atom stereocenters. The Bertz CT molecular complexity index is 618. The van der Waals surface area contributed by atoms with Crippen molar-refractivity contribution in [3.63, 3.8) is 0 Å². The van der Waals surface area contributed by atoms with E-state index >= 15 is 0 Å². The number of hydrogen-bond donors (Lipinski definition) is 2. The van der Waals surface area contributed by atoms with Gasteiger partial charge in [0.2, 0.25) is 5.91 Å². The third-order valence-corrected chi connectivity index (χ3v) is 4.11. The molecule has 0 spiro atoms. The van der Waals surface area contributed by atoms with Gasteiger partial charge in [0.15, 0.2) is 0 Å². The van der Waals surface area contributed by atoms with Crippen LogP contribution in [0.2, 0.25) is 0 Å². The zero-order valence-electron chi connectivity index (χ0n) is 11.5. The van der Waals surface area contributed by atoms with Crippen LogP contribution in [0.3, 0.4) is 0 Å². The van der Waals surface area contributed by atoms with Crippen molar-refractivity contribution in [2.45, 2.75) is 19.3 Å². The van der Waals surface area contributed by atoms with Crippen LogP contribution in [0.5, 0.6) is 0 Å². The molecule has 6 nitrogen and oxygen atoms in total. The Morgan fingerprint density at radius 2 is 1.95 bits per heavy atom. The quantitative estimate of drug-likeness (QED) is 0.853. The molecule has 0 bridgehead atoms. The van der Waals surface area contributed by atoms with Crippen molar-refractivity contribution in [2.24, 2.45) is 5.92 Å². The van der Waals surface area contributed by atoms with Crippen molar-refractivity contribution in [2.75, 3.05) is 18.4 Å². The van der Waals surface area contributed by atoms with E-state index in [1.165, 1.54) is 0 Å². The van der Waals surface area contributed by atoms with E-state index in [9.17, 15) is 14.4 Å². The summed E-state index contributed by atoms with van der Waals surface area (Å²) in [6.07, 6.45) is 1.29. The van der Waals surface area contributed by atoms with Gasteiger partial charge in [-0.25, -0.2) is 0 Å². The van der Waals surface area contributed by atoms with Crippen LogP contribution in [0.25, 0.3) is 0 Å². The molecular weight excluding hydrogens is 272 g/mol. The van der Waals surface area contributed by atoms with Crippen molar-refractivity contribution in [3.8, 4) is 0 Å². The summed E-state index contributed by atoms with van der Waals surface area (Å²) >= 11 is 0. The van der Waals surface area contributed by atoms with Gasteiger partial charge in [-0.15, -0.1) is 0 Å². The number of nitrogens with zero attached hydrogens (tertiary/aromatic N) is 1. The van der Waals surface area contributed by atoms with Gasteiger partial charge in [-0.2, -0.15) is 0 Å². The molecule has 2 amide bonds. The molecule has 0 saturated carbocycles. The lowest BCUT2D eigenvalue weighted by molar-refractivity contribution is -0.143. The molecule has 0 atom stereocenters. The third-order valence-electron chi connectivity index (χ3n) is 4.11. The van der Waals surface area contributed by atoms with Crippen LogP contribution in [0.1, 0.15) is 28.8 Å². The van der Waals surface area contributed by atoms with Crippen molar-refractivity contribution in [3.05, 3.63) is 29.3 Å². The first-order chi connectivity index (χ1) is 10.0. The largest absolute Gasteiger partial charge is 0.481 e. The maximum atomic E-state index is 12.4. The predicted molar refractivity (Wildman–Crippen MR) is 75.0 cm³/mol. The summed E-state index contributed by atoms with van der Waals surface area (Å²) in [6, 6.07) is 5.20. The van der Waals surface area contributed by atoms with Crippen LogP contribution < -0.4 is 5.32 Å². The van der Waals surface area contributed by atoms with Crippen molar-refractivity contribution < 1.29 is 19.5 Å². The van der Waals surface area contributed by atoms with Gasteiger partial charge in [0.1, 0.15) is 0 Å². The Balaban J connectivity index is 1.71. The summed E-state index contributed by atoms with van der Waals surface area (Å²) in [7, 11) is 0. The highest BCUT2D eigenvalue weighted by Crippen LogP contribution is 2.25. The Morgan fingerprint density at radius 1 is 1.24 bits per heavy atom. The fourth-order valence-corrected chi connectivity index (χ4v) is 2.87. The Kier molecular flexibility index (Phi) is 3.37. The zero-order chi connectivity index (χ0) is 15.0. The van der Waals surface area contributed by atoms with Gasteiger partial charge in [0, 0.05) is 24.3 Å². The molecule has 21 heavy (non-hydrogen) atoms. The molecule has 1 fully saturated rings. The summed E-state index contributed by atoms with van der Waals surface area (Å²) in [6.45, 7) is 0.925. The monoisotopic (exact) mass is 288 g/mol. The van der Waals surface area contributed by atoms with Gasteiger partial charge in [0.05, 0.1) is 12.3 Å². The van der Waals surface area contributed by atoms with E-state index in [0.717, 1.165) is 11.3 Å². The van der Waals surface area contributed by atoms with Crippen LogP contribution in [0.4, 0.5) is 5.69 Å². The average Bonchev–Trinajstić information content (AvgIpc) is 2.85. The second-order valence-electron chi connectivity index (χ2n) is 5.50. The summed E-state index contributed by atoms with van der Waals surface area (Å²) in [5.74, 6) is -1.29. The SMILES string of the molecule is O=C1Cc2cc(C(=O)N3CCC(C(=O)O)CC3)ccc2N1. The number of carboxylic acids is 1. The average molecular weight is 288 g/mol. The van der Waals surface area contributed by atoms with Gasteiger partial charge in [0.25, 0.3) is 5.91 Å². The van der Waals surface area contributed by atoms with E-state index in [1.807, 2.05) is 0 Å². The number of carboxylic acid groups (broad SMARTS) is 1. The number of fused-ring (bicyclic) bond motifs is 1. The van der Waals surface area contributed by atoms with Crippen LogP contribution >= 0.6 is 0 Å². The maximum absolute atomic E-state index is 12.4. The molecule has 110 valence electrons. The molecule has 2 heterocycles. The minimum Gasteiger partial charge on any atom is -0.481 e. The zero-order valence-corrected chi connectivity index (χ0v) is 11.5. The van der Waals surface area contributed by atoms with Gasteiger partial charge in [-0.1, -0.05) is 0 Å². The summed E-state index contributed by atoms with van der Waals surface area (Å²) in [5, 5.41) is 11.7. The summed E-state index contributed by atoms with van der Waals surface area (Å²) < 4.78 is 0. The molecular formula is C15H16N2O4. The number of hydrogen-bond acceptors (Lipinski definition) is 3. The standard InChI is InChI=1S/C15H16N2O4/c18-13-8-11-7-10(1-2-12(11)16-13)14(19)17-5-3-9(4-6-17)15(20)21/h1-2,7,9H,3-6,8H2,(H,16,18)(H,20,21). The molecule has 1 aromatic carbocycles. The number of aliphatic carboxylic acids is 1. The van der Waals surface area contributed by atoms with E-state index in [-0.39, 0.29) is 17.7 Å².